The Morgan fingerprint density at radius 2 is 1.88 bits per heavy atom. The minimum absolute atomic E-state index is 0.0112. The summed E-state index contributed by atoms with van der Waals surface area (Å²) in [5.41, 5.74) is 8.44. The number of rotatable bonds is 7. The molecule has 0 saturated heterocycles. The van der Waals surface area contributed by atoms with Crippen LogP contribution in [0.3, 0.4) is 0 Å². The molecular formula is C19H27N3O3S. The smallest absolute Gasteiger partial charge is 0.238 e. The number of ketones is 1. The monoisotopic (exact) mass is 377 g/mol. The van der Waals surface area contributed by atoms with Crippen LogP contribution < -0.4 is 16.2 Å². The largest absolute Gasteiger partial charge is 0.383 e. The van der Waals surface area contributed by atoms with Crippen molar-refractivity contribution in [2.75, 3.05) is 13.7 Å². The van der Waals surface area contributed by atoms with Gasteiger partial charge in [0.1, 0.15) is 0 Å². The van der Waals surface area contributed by atoms with Crippen LogP contribution in [-0.2, 0) is 22.4 Å². The highest BCUT2D eigenvalue weighted by Gasteiger charge is 2.14. The van der Waals surface area contributed by atoms with E-state index in [9.17, 15) is 9.59 Å². The Hall–Kier alpha value is -1.99. The second kappa shape index (κ2) is 10.2. The number of Topliss-reactive ketones (excluding diaryl/α,β-unsaturated/α-hetero) is 1. The second-order valence-electron chi connectivity index (χ2n) is 6.62. The number of aryl methyl sites for hydroxylation is 2. The SMILES string of the molecule is COC[C@@H](C)NC(=S)NNC(=O)CCC(=O)c1ccc2c(c1)CCCC2. The van der Waals surface area contributed by atoms with Gasteiger partial charge in [-0.25, -0.2) is 0 Å². The average Bonchev–Trinajstić information content (AvgIpc) is 2.64. The van der Waals surface area contributed by atoms with E-state index < -0.39 is 0 Å². The van der Waals surface area contributed by atoms with Gasteiger partial charge in [-0.2, -0.15) is 0 Å². The second-order valence-corrected chi connectivity index (χ2v) is 7.03. The lowest BCUT2D eigenvalue weighted by molar-refractivity contribution is -0.121. The van der Waals surface area contributed by atoms with Crippen LogP contribution in [0.2, 0.25) is 0 Å². The number of hydrogen-bond acceptors (Lipinski definition) is 4. The van der Waals surface area contributed by atoms with Crippen LogP contribution >= 0.6 is 12.2 Å². The maximum atomic E-state index is 12.3. The summed E-state index contributed by atoms with van der Waals surface area (Å²) in [6.07, 6.45) is 4.80. The van der Waals surface area contributed by atoms with Crippen molar-refractivity contribution in [1.82, 2.24) is 16.2 Å². The van der Waals surface area contributed by atoms with E-state index in [-0.39, 0.29) is 30.6 Å². The number of carbonyl (C=O) groups excluding carboxylic acids is 2. The van der Waals surface area contributed by atoms with Gasteiger partial charge in [0, 0.05) is 31.6 Å². The summed E-state index contributed by atoms with van der Waals surface area (Å²) in [4.78, 5) is 24.2. The van der Waals surface area contributed by atoms with Gasteiger partial charge in [0.05, 0.1) is 6.61 Å². The van der Waals surface area contributed by atoms with E-state index in [0.29, 0.717) is 17.3 Å². The first-order chi connectivity index (χ1) is 12.5. The van der Waals surface area contributed by atoms with Crippen molar-refractivity contribution in [3.63, 3.8) is 0 Å². The topological polar surface area (TPSA) is 79.5 Å². The predicted molar refractivity (Wildman–Crippen MR) is 105 cm³/mol. The lowest BCUT2D eigenvalue weighted by Gasteiger charge is -2.17. The summed E-state index contributed by atoms with van der Waals surface area (Å²) < 4.78 is 5.00. The van der Waals surface area contributed by atoms with Crippen LogP contribution in [0.1, 0.15) is 54.1 Å². The molecule has 1 aliphatic carbocycles. The third kappa shape index (κ3) is 6.38. The van der Waals surface area contributed by atoms with Gasteiger partial charge in [0.25, 0.3) is 0 Å². The molecule has 0 aromatic heterocycles. The van der Waals surface area contributed by atoms with Gasteiger partial charge in [0.2, 0.25) is 5.91 Å². The maximum Gasteiger partial charge on any atom is 0.238 e. The molecule has 0 aliphatic heterocycles. The van der Waals surface area contributed by atoms with Crippen LogP contribution in [0.25, 0.3) is 0 Å². The zero-order valence-electron chi connectivity index (χ0n) is 15.4. The van der Waals surface area contributed by atoms with Crippen molar-refractivity contribution in [2.45, 2.75) is 51.5 Å². The fourth-order valence-corrected chi connectivity index (χ4v) is 3.27. The zero-order valence-corrected chi connectivity index (χ0v) is 16.2. The third-order valence-corrected chi connectivity index (χ3v) is 4.58. The van der Waals surface area contributed by atoms with Gasteiger partial charge in [-0.15, -0.1) is 0 Å². The lowest BCUT2D eigenvalue weighted by Crippen LogP contribution is -2.49. The highest BCUT2D eigenvalue weighted by Crippen LogP contribution is 2.22. The number of ether oxygens (including phenoxy) is 1. The normalized spacial score (nSPS) is 14.1. The third-order valence-electron chi connectivity index (χ3n) is 4.36. The fourth-order valence-electron chi connectivity index (χ4n) is 3.02. The minimum atomic E-state index is -0.278. The number of hydrazine groups is 1. The summed E-state index contributed by atoms with van der Waals surface area (Å²) in [6.45, 7) is 2.42. The van der Waals surface area contributed by atoms with Crippen molar-refractivity contribution in [3.8, 4) is 0 Å². The molecular weight excluding hydrogens is 350 g/mol. The van der Waals surface area contributed by atoms with E-state index in [1.54, 1.807) is 7.11 Å². The summed E-state index contributed by atoms with van der Waals surface area (Å²) >= 11 is 5.07. The van der Waals surface area contributed by atoms with Crippen molar-refractivity contribution in [1.29, 1.82) is 0 Å². The molecule has 2 rings (SSSR count). The summed E-state index contributed by atoms with van der Waals surface area (Å²) in [5.74, 6) is -0.289. The van der Waals surface area contributed by atoms with Crippen molar-refractivity contribution in [3.05, 3.63) is 34.9 Å². The number of hydrogen-bond donors (Lipinski definition) is 3. The molecule has 1 aromatic carbocycles. The molecule has 3 N–H and O–H groups in total. The highest BCUT2D eigenvalue weighted by molar-refractivity contribution is 7.80. The van der Waals surface area contributed by atoms with Gasteiger partial charge in [-0.05, 0) is 62.0 Å². The first-order valence-corrected chi connectivity index (χ1v) is 9.39. The van der Waals surface area contributed by atoms with Crippen molar-refractivity contribution < 1.29 is 14.3 Å². The molecule has 0 unspecified atom stereocenters. The first-order valence-electron chi connectivity index (χ1n) is 8.99. The standard InChI is InChI=1S/C19H27N3O3S/c1-13(12-25-2)20-19(26)22-21-18(24)10-9-17(23)16-8-7-14-5-3-4-6-15(14)11-16/h7-8,11,13H,3-6,9-10,12H2,1-2H3,(H,21,24)(H2,20,22,26)/t13-/m1/s1. The van der Waals surface area contributed by atoms with Gasteiger partial charge in [-0.1, -0.05) is 12.1 Å². The Labute approximate surface area is 160 Å². The summed E-state index contributed by atoms with van der Waals surface area (Å²) in [7, 11) is 1.61. The number of thiocarbonyl (C=S) groups is 1. The first kappa shape index (κ1) is 20.3. The number of fused-ring (bicyclic) bond motifs is 1. The lowest BCUT2D eigenvalue weighted by atomic mass is 9.89. The predicted octanol–water partition coefficient (Wildman–Crippen LogP) is 2.06. The Balaban J connectivity index is 1.73. The molecule has 0 saturated carbocycles. The molecule has 7 heteroatoms. The maximum absolute atomic E-state index is 12.3. The van der Waals surface area contributed by atoms with Crippen molar-refractivity contribution >= 4 is 29.0 Å². The molecule has 1 atom stereocenters. The molecule has 6 nitrogen and oxygen atoms in total. The Kier molecular flexibility index (Phi) is 8.00. The van der Waals surface area contributed by atoms with Crippen LogP contribution in [-0.4, -0.2) is 36.6 Å². The summed E-state index contributed by atoms with van der Waals surface area (Å²) in [5, 5.41) is 3.28. The molecule has 1 amide bonds. The highest BCUT2D eigenvalue weighted by atomic mass is 32.1. The Morgan fingerprint density at radius 1 is 1.15 bits per heavy atom. The summed E-state index contributed by atoms with van der Waals surface area (Å²) in [6, 6.07) is 5.94. The van der Waals surface area contributed by atoms with Gasteiger partial charge < -0.3 is 10.1 Å². The molecule has 0 fully saturated rings. The number of carbonyl (C=O) groups is 2. The van der Waals surface area contributed by atoms with Crippen LogP contribution in [0.15, 0.2) is 18.2 Å². The minimum Gasteiger partial charge on any atom is -0.383 e. The van der Waals surface area contributed by atoms with E-state index in [0.717, 1.165) is 12.8 Å². The molecule has 0 heterocycles. The van der Waals surface area contributed by atoms with Crippen LogP contribution in [0.4, 0.5) is 0 Å². The Bertz CT molecular complexity index is 663. The number of nitrogens with one attached hydrogen (secondary N) is 3. The fraction of sp³-hybridized carbons (Fsp3) is 0.526. The molecule has 1 aliphatic rings. The van der Waals surface area contributed by atoms with Gasteiger partial charge in [-0.3, -0.25) is 20.4 Å². The molecule has 0 bridgehead atoms. The van der Waals surface area contributed by atoms with E-state index in [1.165, 1.54) is 24.0 Å². The Morgan fingerprint density at radius 3 is 2.62 bits per heavy atom. The molecule has 0 spiro atoms. The quantitative estimate of drug-likeness (QED) is 0.383. The van der Waals surface area contributed by atoms with Crippen molar-refractivity contribution in [2.24, 2.45) is 0 Å². The number of amides is 1. The van der Waals surface area contributed by atoms with E-state index in [1.807, 2.05) is 19.1 Å². The molecule has 142 valence electrons. The van der Waals surface area contributed by atoms with E-state index in [4.69, 9.17) is 17.0 Å². The van der Waals surface area contributed by atoms with E-state index >= 15 is 0 Å². The van der Waals surface area contributed by atoms with E-state index in [2.05, 4.69) is 22.2 Å². The van der Waals surface area contributed by atoms with Crippen LogP contribution in [0.5, 0.6) is 0 Å². The molecule has 1 aromatic rings. The molecule has 0 radical (unpaired) electrons. The molecule has 26 heavy (non-hydrogen) atoms. The van der Waals surface area contributed by atoms with Gasteiger partial charge >= 0.3 is 0 Å². The number of methoxy groups -OCH3 is 1. The average molecular weight is 378 g/mol. The number of benzene rings is 1. The van der Waals surface area contributed by atoms with Gasteiger partial charge in [0.15, 0.2) is 10.9 Å². The zero-order chi connectivity index (χ0) is 18.9. The van der Waals surface area contributed by atoms with Crippen LogP contribution in [0, 0.1) is 0 Å².